The van der Waals surface area contributed by atoms with E-state index < -0.39 is 0 Å². The number of non-ortho nitro benzene ring substituents is 1. The summed E-state index contributed by atoms with van der Waals surface area (Å²) in [4.78, 5) is 19.9. The number of nitro benzene ring substituents is 1. The Balaban J connectivity index is 1.73. The number of fused-ring (bicyclic) bond motifs is 1. The molecular formula is C26H20N4O3S. The van der Waals surface area contributed by atoms with E-state index in [4.69, 9.17) is 9.72 Å². The fourth-order valence-corrected chi connectivity index (χ4v) is 4.31. The van der Waals surface area contributed by atoms with Crippen LogP contribution in [0.3, 0.4) is 0 Å². The first-order valence-corrected chi connectivity index (χ1v) is 11.7. The van der Waals surface area contributed by atoms with E-state index in [0.29, 0.717) is 5.16 Å². The third kappa shape index (κ3) is 3.99. The highest BCUT2D eigenvalue weighted by Crippen LogP contribution is 2.36. The molecule has 0 aliphatic rings. The molecular weight excluding hydrogens is 448 g/mol. The van der Waals surface area contributed by atoms with Gasteiger partial charge in [0.05, 0.1) is 17.5 Å². The van der Waals surface area contributed by atoms with Crippen molar-refractivity contribution >= 4 is 28.4 Å². The first-order chi connectivity index (χ1) is 16.6. The van der Waals surface area contributed by atoms with Gasteiger partial charge in [-0.1, -0.05) is 48.2 Å². The third-order valence-corrected chi connectivity index (χ3v) is 6.21. The molecule has 0 N–H and O–H groups in total. The summed E-state index contributed by atoms with van der Waals surface area (Å²) in [5.41, 5.74) is 4.77. The smallest absolute Gasteiger partial charge is 0.270 e. The van der Waals surface area contributed by atoms with Crippen LogP contribution in [0.5, 0.6) is 5.75 Å². The number of benzene rings is 3. The number of aromatic nitrogens is 3. The van der Waals surface area contributed by atoms with E-state index in [9.17, 15) is 10.1 Å². The average molecular weight is 469 g/mol. The van der Waals surface area contributed by atoms with E-state index in [0.717, 1.165) is 44.7 Å². The summed E-state index contributed by atoms with van der Waals surface area (Å²) < 4.78 is 7.35. The van der Waals surface area contributed by atoms with E-state index >= 15 is 0 Å². The van der Waals surface area contributed by atoms with Crippen LogP contribution in [-0.2, 0) is 0 Å². The zero-order chi connectivity index (χ0) is 23.7. The summed E-state index contributed by atoms with van der Waals surface area (Å²) >= 11 is 1.48. The molecule has 3 aromatic carbocycles. The maximum atomic E-state index is 11.3. The third-order valence-electron chi connectivity index (χ3n) is 5.65. The Morgan fingerprint density at radius 2 is 1.74 bits per heavy atom. The maximum absolute atomic E-state index is 11.3. The largest absolute Gasteiger partial charge is 0.497 e. The Bertz CT molecular complexity index is 1510. The monoisotopic (exact) mass is 468 g/mol. The summed E-state index contributed by atoms with van der Waals surface area (Å²) in [6.45, 7) is 0. The summed E-state index contributed by atoms with van der Waals surface area (Å²) in [5, 5.41) is 13.0. The Labute approximate surface area is 200 Å². The number of ether oxygens (including phenoxy) is 1. The van der Waals surface area contributed by atoms with Crippen molar-refractivity contribution in [1.82, 2.24) is 14.5 Å². The standard InChI is InChI=1S/C26H20N4O3S/c1-33-21-9-6-17(7-10-21)23-16-29(25-12-13-27-26(28-25)34-2)24-15-19(8-11-22(23)24)18-4-3-5-20(14-18)30(31)32/h3-16H,1-2H3. The molecule has 0 atom stereocenters. The Morgan fingerprint density at radius 3 is 2.47 bits per heavy atom. The van der Waals surface area contributed by atoms with Gasteiger partial charge in [-0.3, -0.25) is 10.1 Å². The Hall–Kier alpha value is -4.17. The second-order valence-corrected chi connectivity index (χ2v) is 8.36. The van der Waals surface area contributed by atoms with Crippen LogP contribution in [0.15, 0.2) is 90.3 Å². The number of methoxy groups -OCH3 is 1. The predicted octanol–water partition coefficient (Wildman–Crippen LogP) is 6.39. The SMILES string of the molecule is COc1ccc(-c2cn(-c3ccnc(SC)n3)c3cc(-c4cccc([N+](=O)[O-])c4)ccc23)cc1. The van der Waals surface area contributed by atoms with Gasteiger partial charge in [-0.05, 0) is 47.2 Å². The molecule has 0 saturated heterocycles. The molecule has 5 aromatic rings. The summed E-state index contributed by atoms with van der Waals surface area (Å²) in [5.74, 6) is 1.54. The van der Waals surface area contributed by atoms with E-state index in [-0.39, 0.29) is 10.6 Å². The lowest BCUT2D eigenvalue weighted by atomic mass is 10.0. The molecule has 5 rings (SSSR count). The van der Waals surface area contributed by atoms with E-state index in [1.54, 1.807) is 25.4 Å². The Kier molecular flexibility index (Phi) is 5.73. The molecule has 7 nitrogen and oxygen atoms in total. The molecule has 0 fully saturated rings. The number of hydrogen-bond donors (Lipinski definition) is 0. The van der Waals surface area contributed by atoms with Crippen LogP contribution >= 0.6 is 11.8 Å². The summed E-state index contributed by atoms with van der Waals surface area (Å²) in [6.07, 6.45) is 5.75. The molecule has 0 radical (unpaired) electrons. The van der Waals surface area contributed by atoms with Crippen molar-refractivity contribution in [3.05, 3.63) is 95.3 Å². The van der Waals surface area contributed by atoms with Crippen molar-refractivity contribution in [2.75, 3.05) is 13.4 Å². The summed E-state index contributed by atoms with van der Waals surface area (Å²) in [6, 6.07) is 22.6. The van der Waals surface area contributed by atoms with Crippen molar-refractivity contribution in [2.45, 2.75) is 5.16 Å². The molecule has 0 aliphatic carbocycles. The average Bonchev–Trinajstić information content (AvgIpc) is 3.27. The lowest BCUT2D eigenvalue weighted by molar-refractivity contribution is -0.384. The molecule has 8 heteroatoms. The Morgan fingerprint density at radius 1 is 0.971 bits per heavy atom. The second kappa shape index (κ2) is 8.99. The minimum Gasteiger partial charge on any atom is -0.497 e. The molecule has 0 spiro atoms. The van der Waals surface area contributed by atoms with Crippen molar-refractivity contribution in [2.24, 2.45) is 0 Å². The van der Waals surface area contributed by atoms with Crippen molar-refractivity contribution in [3.8, 4) is 33.8 Å². The summed E-state index contributed by atoms with van der Waals surface area (Å²) in [7, 11) is 1.65. The first kappa shape index (κ1) is 21.7. The van der Waals surface area contributed by atoms with Crippen LogP contribution in [0, 0.1) is 10.1 Å². The fourth-order valence-electron chi connectivity index (χ4n) is 3.96. The van der Waals surface area contributed by atoms with Gasteiger partial charge in [0.25, 0.3) is 5.69 Å². The van der Waals surface area contributed by atoms with Crippen molar-refractivity contribution < 1.29 is 9.66 Å². The molecule has 0 aliphatic heterocycles. The van der Waals surface area contributed by atoms with Crippen LogP contribution in [0.4, 0.5) is 5.69 Å². The number of hydrogen-bond acceptors (Lipinski definition) is 6. The molecule has 0 unspecified atom stereocenters. The van der Waals surface area contributed by atoms with Crippen LogP contribution in [0.25, 0.3) is 39.0 Å². The lowest BCUT2D eigenvalue weighted by Crippen LogP contribution is -1.98. The van der Waals surface area contributed by atoms with Crippen LogP contribution in [0.1, 0.15) is 0 Å². The normalized spacial score (nSPS) is 11.0. The molecule has 168 valence electrons. The van der Waals surface area contributed by atoms with Crippen LogP contribution in [0.2, 0.25) is 0 Å². The quantitative estimate of drug-likeness (QED) is 0.124. The van der Waals surface area contributed by atoms with Gasteiger partial charge < -0.3 is 9.30 Å². The van der Waals surface area contributed by atoms with Gasteiger partial charge in [0.2, 0.25) is 0 Å². The highest BCUT2D eigenvalue weighted by Gasteiger charge is 2.15. The van der Waals surface area contributed by atoms with Gasteiger partial charge in [-0.15, -0.1) is 0 Å². The zero-order valence-corrected chi connectivity index (χ0v) is 19.3. The lowest BCUT2D eigenvalue weighted by Gasteiger charge is -2.07. The number of rotatable bonds is 6. The van der Waals surface area contributed by atoms with Crippen LogP contribution in [-0.4, -0.2) is 32.8 Å². The number of nitrogens with zero attached hydrogens (tertiary/aromatic N) is 4. The highest BCUT2D eigenvalue weighted by atomic mass is 32.2. The molecule has 0 saturated carbocycles. The molecule has 34 heavy (non-hydrogen) atoms. The van der Waals surface area contributed by atoms with Crippen molar-refractivity contribution in [3.63, 3.8) is 0 Å². The van der Waals surface area contributed by atoms with Gasteiger partial charge in [-0.2, -0.15) is 0 Å². The van der Waals surface area contributed by atoms with E-state index in [1.165, 1.54) is 17.8 Å². The first-order valence-electron chi connectivity index (χ1n) is 10.5. The van der Waals surface area contributed by atoms with Crippen LogP contribution < -0.4 is 4.74 Å². The molecule has 2 aromatic heterocycles. The minimum atomic E-state index is -0.378. The van der Waals surface area contributed by atoms with Gasteiger partial charge in [0, 0.05) is 35.5 Å². The van der Waals surface area contributed by atoms with Crippen molar-refractivity contribution in [1.29, 1.82) is 0 Å². The number of thioether (sulfide) groups is 1. The zero-order valence-electron chi connectivity index (χ0n) is 18.5. The van der Waals surface area contributed by atoms with E-state index in [1.807, 2.05) is 59.4 Å². The van der Waals surface area contributed by atoms with Gasteiger partial charge in [0.1, 0.15) is 11.6 Å². The molecule has 0 bridgehead atoms. The molecule has 0 amide bonds. The van der Waals surface area contributed by atoms with Gasteiger partial charge in [-0.25, -0.2) is 9.97 Å². The minimum absolute atomic E-state index is 0.0623. The molecule has 2 heterocycles. The topological polar surface area (TPSA) is 83.1 Å². The number of nitro groups is 1. The van der Waals surface area contributed by atoms with E-state index in [2.05, 4.69) is 17.2 Å². The van der Waals surface area contributed by atoms with Gasteiger partial charge in [0.15, 0.2) is 5.16 Å². The second-order valence-electron chi connectivity index (χ2n) is 7.58. The fraction of sp³-hybridized carbons (Fsp3) is 0.0769. The predicted molar refractivity (Wildman–Crippen MR) is 135 cm³/mol. The van der Waals surface area contributed by atoms with Gasteiger partial charge >= 0.3 is 0 Å². The maximum Gasteiger partial charge on any atom is 0.270 e. The highest BCUT2D eigenvalue weighted by molar-refractivity contribution is 7.98.